The van der Waals surface area contributed by atoms with Crippen molar-refractivity contribution in [3.8, 4) is 11.3 Å². The van der Waals surface area contributed by atoms with Gasteiger partial charge in [0.1, 0.15) is 18.1 Å². The molecule has 0 saturated heterocycles. The van der Waals surface area contributed by atoms with Gasteiger partial charge in [-0.2, -0.15) is 10.1 Å². The maximum atomic E-state index is 13.0. The van der Waals surface area contributed by atoms with Crippen LogP contribution in [0.1, 0.15) is 40.3 Å². The Kier molecular flexibility index (Phi) is 6.80. The van der Waals surface area contributed by atoms with Gasteiger partial charge in [0.15, 0.2) is 5.78 Å². The third kappa shape index (κ3) is 5.00. The molecule has 0 saturated carbocycles. The van der Waals surface area contributed by atoms with Crippen molar-refractivity contribution < 1.29 is 23.5 Å². The van der Waals surface area contributed by atoms with Crippen LogP contribution in [0.5, 0.6) is 0 Å². The van der Waals surface area contributed by atoms with Crippen molar-refractivity contribution in [2.45, 2.75) is 13.8 Å². The Labute approximate surface area is 206 Å². The van der Waals surface area contributed by atoms with E-state index in [2.05, 4.69) is 11.7 Å². The Bertz CT molecular complexity index is 1400. The third-order valence-electron chi connectivity index (χ3n) is 5.30. The molecule has 0 atom stereocenters. The lowest BCUT2D eigenvalue weighted by Crippen LogP contribution is -2.21. The number of halogens is 1. The van der Waals surface area contributed by atoms with Crippen molar-refractivity contribution in [3.63, 3.8) is 0 Å². The molecule has 2 heterocycles. The summed E-state index contributed by atoms with van der Waals surface area (Å²) in [5.74, 6) is 0.000276. The van der Waals surface area contributed by atoms with Crippen molar-refractivity contribution in [2.24, 2.45) is 5.10 Å². The van der Waals surface area contributed by atoms with Gasteiger partial charge in [0.05, 0.1) is 27.6 Å². The average molecular weight is 489 g/mol. The Morgan fingerprint density at radius 2 is 1.89 bits per heavy atom. The number of hydrazone groups is 1. The molecule has 35 heavy (non-hydrogen) atoms. The van der Waals surface area contributed by atoms with E-state index in [-0.39, 0.29) is 28.9 Å². The SMILES string of the molecule is C=CCOC(=O)c1cc(-c2ccc(C=C3C(=O)N(c4ccc(C(C)=O)cc4)N=C3C)o2)ccc1Cl. The van der Waals surface area contributed by atoms with Crippen LogP contribution in [0.15, 0.2) is 82.3 Å². The van der Waals surface area contributed by atoms with E-state index in [4.69, 9.17) is 20.8 Å². The van der Waals surface area contributed by atoms with Gasteiger partial charge < -0.3 is 9.15 Å². The molecule has 3 aromatic rings. The van der Waals surface area contributed by atoms with Gasteiger partial charge in [-0.25, -0.2) is 4.79 Å². The number of ether oxygens (including phenoxy) is 1. The Morgan fingerprint density at radius 3 is 2.57 bits per heavy atom. The van der Waals surface area contributed by atoms with Crippen LogP contribution in [-0.4, -0.2) is 30.0 Å². The maximum absolute atomic E-state index is 13.0. The molecule has 0 spiro atoms. The molecular formula is C27H21ClN2O5. The monoisotopic (exact) mass is 488 g/mol. The number of amides is 1. The van der Waals surface area contributed by atoms with Crippen LogP contribution in [0.25, 0.3) is 17.4 Å². The zero-order valence-corrected chi connectivity index (χ0v) is 19.8. The molecule has 0 fully saturated rings. The van der Waals surface area contributed by atoms with Crippen LogP contribution in [0.3, 0.4) is 0 Å². The first-order valence-electron chi connectivity index (χ1n) is 10.7. The van der Waals surface area contributed by atoms with Crippen molar-refractivity contribution in [2.75, 3.05) is 11.6 Å². The van der Waals surface area contributed by atoms with Crippen LogP contribution < -0.4 is 5.01 Å². The number of benzene rings is 2. The summed E-state index contributed by atoms with van der Waals surface area (Å²) in [6.45, 7) is 6.81. The van der Waals surface area contributed by atoms with Gasteiger partial charge in [0, 0.05) is 11.1 Å². The lowest BCUT2D eigenvalue weighted by Gasteiger charge is -2.11. The highest BCUT2D eigenvalue weighted by atomic mass is 35.5. The summed E-state index contributed by atoms with van der Waals surface area (Å²) in [6.07, 6.45) is 3.09. The molecule has 2 aromatic carbocycles. The van der Waals surface area contributed by atoms with Crippen molar-refractivity contribution in [1.29, 1.82) is 0 Å². The van der Waals surface area contributed by atoms with Crippen LogP contribution in [-0.2, 0) is 9.53 Å². The molecule has 0 radical (unpaired) electrons. The largest absolute Gasteiger partial charge is 0.458 e. The number of anilines is 1. The molecule has 7 nitrogen and oxygen atoms in total. The molecule has 1 aromatic heterocycles. The smallest absolute Gasteiger partial charge is 0.339 e. The minimum Gasteiger partial charge on any atom is -0.458 e. The van der Waals surface area contributed by atoms with Gasteiger partial charge in [-0.3, -0.25) is 9.59 Å². The van der Waals surface area contributed by atoms with Crippen molar-refractivity contribution >= 4 is 46.7 Å². The second kappa shape index (κ2) is 9.95. The van der Waals surface area contributed by atoms with E-state index in [0.29, 0.717) is 39.6 Å². The van der Waals surface area contributed by atoms with Gasteiger partial charge in [0.25, 0.3) is 5.91 Å². The van der Waals surface area contributed by atoms with E-state index < -0.39 is 5.97 Å². The second-order valence-electron chi connectivity index (χ2n) is 7.75. The summed E-state index contributed by atoms with van der Waals surface area (Å²) < 4.78 is 11.0. The number of furan rings is 1. The van der Waals surface area contributed by atoms with Gasteiger partial charge in [-0.15, -0.1) is 0 Å². The quantitative estimate of drug-likeness (QED) is 0.177. The summed E-state index contributed by atoms with van der Waals surface area (Å²) in [4.78, 5) is 36.8. The Morgan fingerprint density at radius 1 is 1.14 bits per heavy atom. The Balaban J connectivity index is 1.57. The lowest BCUT2D eigenvalue weighted by atomic mass is 10.1. The number of ketones is 1. The fourth-order valence-electron chi connectivity index (χ4n) is 3.47. The molecule has 1 amide bonds. The first-order valence-corrected chi connectivity index (χ1v) is 11.1. The highest BCUT2D eigenvalue weighted by molar-refractivity contribution is 6.33. The van der Waals surface area contributed by atoms with Crippen LogP contribution >= 0.6 is 11.6 Å². The van der Waals surface area contributed by atoms with Crippen LogP contribution in [0.2, 0.25) is 5.02 Å². The summed E-state index contributed by atoms with van der Waals surface area (Å²) in [5, 5.41) is 5.90. The van der Waals surface area contributed by atoms with Crippen molar-refractivity contribution in [1.82, 2.24) is 0 Å². The highest BCUT2D eigenvalue weighted by Crippen LogP contribution is 2.30. The summed E-state index contributed by atoms with van der Waals surface area (Å²) >= 11 is 6.16. The van der Waals surface area contributed by atoms with Gasteiger partial charge in [0.2, 0.25) is 0 Å². The first-order chi connectivity index (χ1) is 16.8. The van der Waals surface area contributed by atoms with E-state index in [0.717, 1.165) is 0 Å². The van der Waals surface area contributed by atoms with Crippen LogP contribution in [0.4, 0.5) is 5.69 Å². The predicted molar refractivity (Wildman–Crippen MR) is 135 cm³/mol. The molecule has 0 bridgehead atoms. The van der Waals surface area contributed by atoms with Gasteiger partial charge in [-0.05, 0) is 74.5 Å². The summed E-state index contributed by atoms with van der Waals surface area (Å²) in [5.41, 5.74) is 2.86. The Hall–Kier alpha value is -4.23. The van der Waals surface area contributed by atoms with E-state index in [9.17, 15) is 14.4 Å². The van der Waals surface area contributed by atoms with E-state index in [1.165, 1.54) is 18.0 Å². The standard InChI is InChI=1S/C27H21ClN2O5/c1-4-13-34-27(33)23-14-19(7-11-24(23)28)25-12-10-21(35-25)15-22-16(2)29-30(26(22)32)20-8-5-18(6-9-20)17(3)31/h4-12,14-15H,1,13H2,2-3H3. The normalized spacial score (nSPS) is 14.3. The number of carbonyl (C=O) groups is 3. The number of hydrogen-bond donors (Lipinski definition) is 0. The number of rotatable bonds is 7. The molecule has 0 aliphatic carbocycles. The zero-order chi connectivity index (χ0) is 25.1. The molecule has 8 heteroatoms. The lowest BCUT2D eigenvalue weighted by molar-refractivity contribution is -0.114. The average Bonchev–Trinajstić information content (AvgIpc) is 3.43. The van der Waals surface area contributed by atoms with E-state index in [1.807, 2.05) is 0 Å². The molecule has 176 valence electrons. The molecule has 4 rings (SSSR count). The van der Waals surface area contributed by atoms with Gasteiger partial charge >= 0.3 is 5.97 Å². The zero-order valence-electron chi connectivity index (χ0n) is 19.1. The molecule has 0 unspecified atom stereocenters. The van der Waals surface area contributed by atoms with Gasteiger partial charge in [-0.1, -0.05) is 24.3 Å². The molecule has 1 aliphatic rings. The second-order valence-corrected chi connectivity index (χ2v) is 8.15. The highest BCUT2D eigenvalue weighted by Gasteiger charge is 2.29. The molecular weight excluding hydrogens is 468 g/mol. The van der Waals surface area contributed by atoms with Crippen molar-refractivity contribution in [3.05, 3.63) is 94.7 Å². The summed E-state index contributed by atoms with van der Waals surface area (Å²) in [6, 6.07) is 15.0. The minimum atomic E-state index is -0.564. The predicted octanol–water partition coefficient (Wildman–Crippen LogP) is 5.95. The topological polar surface area (TPSA) is 89.2 Å². The number of carbonyl (C=O) groups excluding carboxylic acids is 3. The van der Waals surface area contributed by atoms with E-state index in [1.54, 1.807) is 67.6 Å². The minimum absolute atomic E-state index is 0.0559. The van der Waals surface area contributed by atoms with Crippen LogP contribution in [0, 0.1) is 0 Å². The number of Topliss-reactive ketones (excluding diaryl/α,β-unsaturated/α-hetero) is 1. The number of esters is 1. The summed E-state index contributed by atoms with van der Waals surface area (Å²) in [7, 11) is 0. The first kappa shape index (κ1) is 23.9. The number of nitrogens with zero attached hydrogens (tertiary/aromatic N) is 2. The third-order valence-corrected chi connectivity index (χ3v) is 5.63. The fraction of sp³-hybridized carbons (Fsp3) is 0.111. The maximum Gasteiger partial charge on any atom is 0.339 e. The number of hydrogen-bond acceptors (Lipinski definition) is 6. The molecule has 0 N–H and O–H groups in total. The fourth-order valence-corrected chi connectivity index (χ4v) is 3.67. The van der Waals surface area contributed by atoms with E-state index >= 15 is 0 Å². The molecule has 1 aliphatic heterocycles.